The van der Waals surface area contributed by atoms with Crippen LogP contribution in [0.2, 0.25) is 0 Å². The molecule has 1 aliphatic carbocycles. The van der Waals surface area contributed by atoms with E-state index in [-0.39, 0.29) is 12.0 Å². The van der Waals surface area contributed by atoms with Crippen molar-refractivity contribution >= 4 is 5.95 Å². The standard InChI is InChI=1S/C13H19F3N4O/c1-21-5-4-17-6-10-7-18-12(19-8-10)20(11-2-3-11)9-13(14,15)16/h7-8,11,17H,2-6,9H2,1H3. The van der Waals surface area contributed by atoms with Crippen molar-refractivity contribution < 1.29 is 17.9 Å². The largest absolute Gasteiger partial charge is 0.406 e. The summed E-state index contributed by atoms with van der Waals surface area (Å²) in [5, 5.41) is 3.13. The maximum absolute atomic E-state index is 12.6. The van der Waals surface area contributed by atoms with Crippen molar-refractivity contribution in [3.05, 3.63) is 18.0 Å². The summed E-state index contributed by atoms with van der Waals surface area (Å²) in [4.78, 5) is 9.37. The normalized spacial score (nSPS) is 15.2. The smallest absolute Gasteiger partial charge is 0.383 e. The van der Waals surface area contributed by atoms with Gasteiger partial charge in [-0.1, -0.05) is 0 Å². The van der Waals surface area contributed by atoms with Crippen LogP contribution < -0.4 is 10.2 Å². The lowest BCUT2D eigenvalue weighted by Gasteiger charge is -2.23. The molecule has 0 amide bonds. The molecule has 0 unspecified atom stereocenters. The molecular formula is C13H19F3N4O. The molecule has 1 aliphatic rings. The topological polar surface area (TPSA) is 50.3 Å². The molecule has 1 heterocycles. The van der Waals surface area contributed by atoms with Crippen molar-refractivity contribution in [2.45, 2.75) is 31.6 Å². The first kappa shape index (κ1) is 16.0. The van der Waals surface area contributed by atoms with E-state index in [0.717, 1.165) is 18.4 Å². The molecule has 1 fully saturated rings. The van der Waals surface area contributed by atoms with E-state index < -0.39 is 12.7 Å². The summed E-state index contributed by atoms with van der Waals surface area (Å²) in [5.74, 6) is 0.149. The molecule has 0 atom stereocenters. The zero-order valence-electron chi connectivity index (χ0n) is 11.9. The Morgan fingerprint density at radius 2 is 2.00 bits per heavy atom. The second-order valence-corrected chi connectivity index (χ2v) is 5.04. The number of rotatable bonds is 8. The van der Waals surface area contributed by atoms with Crippen LogP contribution in [0.15, 0.2) is 12.4 Å². The molecule has 0 spiro atoms. The molecule has 1 aromatic rings. The van der Waals surface area contributed by atoms with Gasteiger partial charge in [-0.2, -0.15) is 13.2 Å². The van der Waals surface area contributed by atoms with Crippen LogP contribution in [0.5, 0.6) is 0 Å². The van der Waals surface area contributed by atoms with Crippen LogP contribution in [0.3, 0.4) is 0 Å². The van der Waals surface area contributed by atoms with Crippen molar-refractivity contribution in [3.63, 3.8) is 0 Å². The van der Waals surface area contributed by atoms with E-state index in [2.05, 4.69) is 15.3 Å². The van der Waals surface area contributed by atoms with E-state index in [9.17, 15) is 13.2 Å². The number of aromatic nitrogens is 2. The average Bonchev–Trinajstić information content (AvgIpc) is 3.25. The molecule has 5 nitrogen and oxygen atoms in total. The minimum absolute atomic E-state index is 0.0858. The number of hydrogen-bond donors (Lipinski definition) is 1. The Bertz CT molecular complexity index is 434. The summed E-state index contributed by atoms with van der Waals surface area (Å²) in [6.07, 6.45) is 0.410. The number of ether oxygens (including phenoxy) is 1. The SMILES string of the molecule is COCCNCc1cnc(N(CC(F)(F)F)C2CC2)nc1. The molecule has 1 N–H and O–H groups in total. The van der Waals surface area contributed by atoms with Crippen LogP contribution in [0.1, 0.15) is 18.4 Å². The lowest BCUT2D eigenvalue weighted by atomic mass is 10.3. The summed E-state index contributed by atoms with van der Waals surface area (Å²) in [6.45, 7) is 0.857. The number of hydrogen-bond acceptors (Lipinski definition) is 5. The van der Waals surface area contributed by atoms with Gasteiger partial charge in [-0.25, -0.2) is 9.97 Å². The Kier molecular flexibility index (Phi) is 5.35. The fraction of sp³-hybridized carbons (Fsp3) is 0.692. The molecular weight excluding hydrogens is 285 g/mol. The van der Waals surface area contributed by atoms with E-state index in [1.165, 1.54) is 4.90 Å². The first-order valence-electron chi connectivity index (χ1n) is 6.83. The zero-order valence-corrected chi connectivity index (χ0v) is 11.9. The minimum Gasteiger partial charge on any atom is -0.383 e. The van der Waals surface area contributed by atoms with E-state index in [0.29, 0.717) is 19.7 Å². The lowest BCUT2D eigenvalue weighted by Crippen LogP contribution is -2.37. The second kappa shape index (κ2) is 7.04. The van der Waals surface area contributed by atoms with Gasteiger partial charge in [0, 0.05) is 44.2 Å². The predicted molar refractivity (Wildman–Crippen MR) is 72.0 cm³/mol. The summed E-state index contributed by atoms with van der Waals surface area (Å²) in [7, 11) is 1.62. The fourth-order valence-corrected chi connectivity index (χ4v) is 1.94. The second-order valence-electron chi connectivity index (χ2n) is 5.04. The van der Waals surface area contributed by atoms with Gasteiger partial charge in [-0.05, 0) is 12.8 Å². The molecule has 0 radical (unpaired) electrons. The van der Waals surface area contributed by atoms with Gasteiger partial charge >= 0.3 is 6.18 Å². The van der Waals surface area contributed by atoms with E-state index in [4.69, 9.17) is 4.74 Å². The number of nitrogens with zero attached hydrogens (tertiary/aromatic N) is 3. The third-order valence-electron chi connectivity index (χ3n) is 3.10. The highest BCUT2D eigenvalue weighted by Gasteiger charge is 2.39. The van der Waals surface area contributed by atoms with Gasteiger partial charge in [0.15, 0.2) is 0 Å². The van der Waals surface area contributed by atoms with Crippen molar-refractivity contribution in [1.29, 1.82) is 0 Å². The molecule has 8 heteroatoms. The summed E-state index contributed by atoms with van der Waals surface area (Å²) in [5.41, 5.74) is 0.831. The van der Waals surface area contributed by atoms with E-state index in [1.807, 2.05) is 0 Å². The molecule has 21 heavy (non-hydrogen) atoms. The van der Waals surface area contributed by atoms with Gasteiger partial charge in [0.2, 0.25) is 5.95 Å². The van der Waals surface area contributed by atoms with E-state index >= 15 is 0 Å². The Hall–Kier alpha value is -1.41. The zero-order chi connectivity index (χ0) is 15.3. The van der Waals surface area contributed by atoms with Crippen molar-refractivity contribution in [2.24, 2.45) is 0 Å². The fourth-order valence-electron chi connectivity index (χ4n) is 1.94. The van der Waals surface area contributed by atoms with Crippen LogP contribution in [-0.4, -0.2) is 49.0 Å². The van der Waals surface area contributed by atoms with Crippen LogP contribution in [0, 0.1) is 0 Å². The highest BCUT2D eigenvalue weighted by Crippen LogP contribution is 2.32. The molecule has 0 aliphatic heterocycles. The monoisotopic (exact) mass is 304 g/mol. The number of methoxy groups -OCH3 is 1. The minimum atomic E-state index is -4.24. The lowest BCUT2D eigenvalue weighted by molar-refractivity contribution is -0.120. The third-order valence-corrected chi connectivity index (χ3v) is 3.10. The van der Waals surface area contributed by atoms with Gasteiger partial charge in [0.05, 0.1) is 6.61 Å². The number of nitrogens with one attached hydrogen (secondary N) is 1. The first-order valence-corrected chi connectivity index (χ1v) is 6.83. The third kappa shape index (κ3) is 5.47. The van der Waals surface area contributed by atoms with Gasteiger partial charge in [0.25, 0.3) is 0 Å². The van der Waals surface area contributed by atoms with Gasteiger partial charge < -0.3 is 15.0 Å². The highest BCUT2D eigenvalue weighted by atomic mass is 19.4. The molecule has 0 bridgehead atoms. The Balaban J connectivity index is 1.92. The maximum atomic E-state index is 12.6. The molecule has 2 rings (SSSR count). The van der Waals surface area contributed by atoms with Crippen LogP contribution in [0.25, 0.3) is 0 Å². The molecule has 0 aromatic carbocycles. The first-order chi connectivity index (χ1) is 9.99. The van der Waals surface area contributed by atoms with E-state index in [1.54, 1.807) is 19.5 Å². The van der Waals surface area contributed by atoms with Crippen molar-refractivity contribution in [2.75, 3.05) is 31.7 Å². The highest BCUT2D eigenvalue weighted by molar-refractivity contribution is 5.34. The Labute approximate surface area is 121 Å². The number of halogens is 3. The van der Waals surface area contributed by atoms with Crippen molar-refractivity contribution in [3.8, 4) is 0 Å². The number of anilines is 1. The van der Waals surface area contributed by atoms with Crippen LogP contribution >= 0.6 is 0 Å². The molecule has 118 valence electrons. The summed E-state index contributed by atoms with van der Waals surface area (Å²) >= 11 is 0. The van der Waals surface area contributed by atoms with Crippen LogP contribution in [-0.2, 0) is 11.3 Å². The molecule has 0 saturated heterocycles. The van der Waals surface area contributed by atoms with Gasteiger partial charge in [-0.3, -0.25) is 0 Å². The van der Waals surface area contributed by atoms with Crippen LogP contribution in [0.4, 0.5) is 19.1 Å². The van der Waals surface area contributed by atoms with Gasteiger partial charge in [0.1, 0.15) is 6.54 Å². The predicted octanol–water partition coefficient (Wildman–Crippen LogP) is 1.74. The quantitative estimate of drug-likeness (QED) is 0.742. The Morgan fingerprint density at radius 3 is 2.52 bits per heavy atom. The van der Waals surface area contributed by atoms with Gasteiger partial charge in [-0.15, -0.1) is 0 Å². The Morgan fingerprint density at radius 1 is 1.33 bits per heavy atom. The average molecular weight is 304 g/mol. The summed E-state index contributed by atoms with van der Waals surface area (Å²) in [6, 6.07) is -0.0858. The molecule has 1 saturated carbocycles. The van der Waals surface area contributed by atoms with Crippen molar-refractivity contribution in [1.82, 2.24) is 15.3 Å². The maximum Gasteiger partial charge on any atom is 0.406 e. The molecule has 1 aromatic heterocycles. The number of alkyl halides is 3. The summed E-state index contributed by atoms with van der Waals surface area (Å²) < 4.78 is 42.6.